The van der Waals surface area contributed by atoms with Gasteiger partial charge in [-0.2, -0.15) is 0 Å². The lowest BCUT2D eigenvalue weighted by atomic mass is 10.1. The maximum Gasteiger partial charge on any atom is 0.342 e. The predicted molar refractivity (Wildman–Crippen MR) is 75.5 cm³/mol. The summed E-state index contributed by atoms with van der Waals surface area (Å²) in [6, 6.07) is 7.64. The number of benzene rings is 1. The molecule has 7 heteroatoms. The largest absolute Gasteiger partial charge is 0.477 e. The highest BCUT2D eigenvalue weighted by atomic mass is 16.6. The maximum absolute atomic E-state index is 11.2. The first-order chi connectivity index (χ1) is 10.0. The number of nitrogens with zero attached hydrogens (tertiary/aromatic N) is 2. The van der Waals surface area contributed by atoms with Crippen molar-refractivity contribution in [3.8, 4) is 0 Å². The Kier molecular flexibility index (Phi) is 4.22. The van der Waals surface area contributed by atoms with E-state index in [2.05, 4.69) is 0 Å². The van der Waals surface area contributed by atoms with Crippen LogP contribution in [0.2, 0.25) is 0 Å². The molecule has 2 aromatic rings. The monoisotopic (exact) mass is 290 g/mol. The van der Waals surface area contributed by atoms with Crippen molar-refractivity contribution in [2.75, 3.05) is 11.4 Å². The van der Waals surface area contributed by atoms with E-state index in [0.29, 0.717) is 18.8 Å². The lowest BCUT2D eigenvalue weighted by molar-refractivity contribution is -0.385. The lowest BCUT2D eigenvalue weighted by Gasteiger charge is -2.22. The maximum atomic E-state index is 11.2. The van der Waals surface area contributed by atoms with Gasteiger partial charge in [0.1, 0.15) is 11.3 Å². The number of hydrogen-bond donors (Lipinski definition) is 1. The number of carbonyl (C=O) groups is 1. The molecule has 0 unspecified atom stereocenters. The van der Waals surface area contributed by atoms with Crippen LogP contribution in [0.15, 0.2) is 41.0 Å². The summed E-state index contributed by atoms with van der Waals surface area (Å²) in [6.45, 7) is 2.97. The van der Waals surface area contributed by atoms with E-state index in [1.165, 1.54) is 18.2 Å². The minimum atomic E-state index is -1.32. The quantitative estimate of drug-likeness (QED) is 0.649. The van der Waals surface area contributed by atoms with Crippen molar-refractivity contribution >= 4 is 17.3 Å². The average molecular weight is 290 g/mol. The molecule has 0 radical (unpaired) electrons. The molecule has 0 atom stereocenters. The highest BCUT2D eigenvalue weighted by molar-refractivity contribution is 5.93. The van der Waals surface area contributed by atoms with Gasteiger partial charge in [0, 0.05) is 18.3 Å². The Hall–Kier alpha value is -2.83. The SMILES string of the molecule is CCN(Cc1ccco1)c1ccc([N+](=O)[O-])c(C(=O)O)c1. The van der Waals surface area contributed by atoms with E-state index in [1.807, 2.05) is 17.9 Å². The molecule has 0 aliphatic rings. The van der Waals surface area contributed by atoms with Crippen LogP contribution < -0.4 is 4.90 Å². The summed E-state index contributed by atoms with van der Waals surface area (Å²) in [5, 5.41) is 20.0. The molecule has 0 aliphatic heterocycles. The Morgan fingerprint density at radius 2 is 2.19 bits per heavy atom. The van der Waals surface area contributed by atoms with Crippen molar-refractivity contribution in [3.05, 3.63) is 58.0 Å². The van der Waals surface area contributed by atoms with Gasteiger partial charge in [-0.05, 0) is 31.2 Å². The zero-order valence-corrected chi connectivity index (χ0v) is 11.4. The van der Waals surface area contributed by atoms with Crippen molar-refractivity contribution in [1.82, 2.24) is 0 Å². The Morgan fingerprint density at radius 3 is 2.71 bits per heavy atom. The van der Waals surface area contributed by atoms with E-state index < -0.39 is 16.6 Å². The summed E-state index contributed by atoms with van der Waals surface area (Å²) >= 11 is 0. The van der Waals surface area contributed by atoms with Crippen LogP contribution in [0.4, 0.5) is 11.4 Å². The normalized spacial score (nSPS) is 10.3. The molecule has 0 aliphatic carbocycles. The summed E-state index contributed by atoms with van der Waals surface area (Å²) in [6.07, 6.45) is 1.56. The standard InChI is InChI=1S/C14H14N2O5/c1-2-15(9-11-4-3-7-21-11)10-5-6-13(16(19)20)12(8-10)14(17)18/h3-8H,2,9H2,1H3,(H,17,18). The molecular weight excluding hydrogens is 276 g/mol. The van der Waals surface area contributed by atoms with Crippen molar-refractivity contribution in [1.29, 1.82) is 0 Å². The van der Waals surface area contributed by atoms with Crippen LogP contribution in [-0.2, 0) is 6.54 Å². The minimum Gasteiger partial charge on any atom is -0.477 e. The number of nitro benzene ring substituents is 1. The Balaban J connectivity index is 2.35. The Morgan fingerprint density at radius 1 is 1.43 bits per heavy atom. The second-order valence-corrected chi connectivity index (χ2v) is 4.36. The number of nitro groups is 1. The van der Waals surface area contributed by atoms with E-state index >= 15 is 0 Å². The van der Waals surface area contributed by atoms with Crippen LogP contribution in [0, 0.1) is 10.1 Å². The zero-order chi connectivity index (χ0) is 15.4. The summed E-state index contributed by atoms with van der Waals surface area (Å²) in [5.41, 5.74) is -0.146. The molecule has 1 aromatic heterocycles. The number of hydrogen-bond acceptors (Lipinski definition) is 5. The molecule has 1 aromatic carbocycles. The number of furan rings is 1. The number of anilines is 1. The predicted octanol–water partition coefficient (Wildman–Crippen LogP) is 2.91. The summed E-state index contributed by atoms with van der Waals surface area (Å²) in [5.74, 6) is -0.593. The van der Waals surface area contributed by atoms with Gasteiger partial charge >= 0.3 is 5.97 Å². The first kappa shape index (κ1) is 14.6. The second kappa shape index (κ2) is 6.08. The third-order valence-corrected chi connectivity index (χ3v) is 3.08. The first-order valence-electron chi connectivity index (χ1n) is 6.32. The van der Waals surface area contributed by atoms with Gasteiger partial charge in [-0.15, -0.1) is 0 Å². The van der Waals surface area contributed by atoms with E-state index in [-0.39, 0.29) is 5.56 Å². The fraction of sp³-hybridized carbons (Fsp3) is 0.214. The summed E-state index contributed by atoms with van der Waals surface area (Å²) < 4.78 is 5.26. The molecule has 2 rings (SSSR count). The Labute approximate surface area is 120 Å². The van der Waals surface area contributed by atoms with Crippen molar-refractivity contribution in [2.24, 2.45) is 0 Å². The Bertz CT molecular complexity index is 651. The van der Waals surface area contributed by atoms with Gasteiger partial charge in [0.25, 0.3) is 5.69 Å². The van der Waals surface area contributed by atoms with Crippen LogP contribution in [-0.4, -0.2) is 22.5 Å². The molecule has 1 heterocycles. The molecule has 110 valence electrons. The van der Waals surface area contributed by atoms with E-state index in [0.717, 1.165) is 5.76 Å². The molecular formula is C14H14N2O5. The topological polar surface area (TPSA) is 96.8 Å². The van der Waals surface area contributed by atoms with Crippen molar-refractivity contribution in [2.45, 2.75) is 13.5 Å². The van der Waals surface area contributed by atoms with Crippen LogP contribution in [0.1, 0.15) is 23.0 Å². The highest BCUT2D eigenvalue weighted by Crippen LogP contribution is 2.26. The summed E-state index contributed by atoms with van der Waals surface area (Å²) in [4.78, 5) is 23.2. The van der Waals surface area contributed by atoms with Crippen LogP contribution >= 0.6 is 0 Å². The van der Waals surface area contributed by atoms with Gasteiger partial charge in [0.15, 0.2) is 0 Å². The van der Waals surface area contributed by atoms with Gasteiger partial charge in [-0.3, -0.25) is 10.1 Å². The molecule has 0 bridgehead atoms. The van der Waals surface area contributed by atoms with Crippen LogP contribution in [0.25, 0.3) is 0 Å². The van der Waals surface area contributed by atoms with Gasteiger partial charge in [0.05, 0.1) is 17.7 Å². The zero-order valence-electron chi connectivity index (χ0n) is 11.4. The van der Waals surface area contributed by atoms with Crippen LogP contribution in [0.3, 0.4) is 0 Å². The van der Waals surface area contributed by atoms with Crippen LogP contribution in [0.5, 0.6) is 0 Å². The molecule has 0 saturated heterocycles. The number of carboxylic acid groups (broad SMARTS) is 1. The molecule has 0 saturated carbocycles. The number of aromatic carboxylic acids is 1. The molecule has 0 spiro atoms. The second-order valence-electron chi connectivity index (χ2n) is 4.36. The van der Waals surface area contributed by atoms with Gasteiger partial charge in [0.2, 0.25) is 0 Å². The molecule has 21 heavy (non-hydrogen) atoms. The first-order valence-corrected chi connectivity index (χ1v) is 6.32. The van der Waals surface area contributed by atoms with Crippen molar-refractivity contribution < 1.29 is 19.2 Å². The lowest BCUT2D eigenvalue weighted by Crippen LogP contribution is -2.22. The van der Waals surface area contributed by atoms with E-state index in [1.54, 1.807) is 12.3 Å². The average Bonchev–Trinajstić information content (AvgIpc) is 2.97. The molecule has 0 amide bonds. The fourth-order valence-electron chi connectivity index (χ4n) is 2.03. The smallest absolute Gasteiger partial charge is 0.342 e. The van der Waals surface area contributed by atoms with Gasteiger partial charge < -0.3 is 14.4 Å². The molecule has 0 fully saturated rings. The van der Waals surface area contributed by atoms with E-state index in [9.17, 15) is 14.9 Å². The summed E-state index contributed by atoms with van der Waals surface area (Å²) in [7, 11) is 0. The highest BCUT2D eigenvalue weighted by Gasteiger charge is 2.21. The van der Waals surface area contributed by atoms with Crippen molar-refractivity contribution in [3.63, 3.8) is 0 Å². The van der Waals surface area contributed by atoms with Gasteiger partial charge in [-0.25, -0.2) is 4.79 Å². The molecule has 1 N–H and O–H groups in total. The third kappa shape index (κ3) is 3.19. The van der Waals surface area contributed by atoms with Gasteiger partial charge in [-0.1, -0.05) is 0 Å². The van der Waals surface area contributed by atoms with E-state index in [4.69, 9.17) is 9.52 Å². The minimum absolute atomic E-state index is 0.324. The number of carboxylic acids is 1. The fourth-order valence-corrected chi connectivity index (χ4v) is 2.03. The molecule has 7 nitrogen and oxygen atoms in total. The number of rotatable bonds is 6. The third-order valence-electron chi connectivity index (χ3n) is 3.08.